The molecule has 2 aliphatic rings. The van der Waals surface area contributed by atoms with Crippen LogP contribution in [-0.4, -0.2) is 54.0 Å². The van der Waals surface area contributed by atoms with Gasteiger partial charge in [-0.15, -0.1) is 0 Å². The smallest absolute Gasteiger partial charge is 0.317 e. The number of hydrogen-bond donors (Lipinski definition) is 1. The number of amides is 3. The Hall–Kier alpha value is -2.04. The zero-order valence-electron chi connectivity index (χ0n) is 14.8. The number of benzene rings is 1. The first-order valence-electron chi connectivity index (χ1n) is 8.80. The van der Waals surface area contributed by atoms with Gasteiger partial charge in [-0.1, -0.05) is 29.8 Å². The molecule has 2 saturated heterocycles. The summed E-state index contributed by atoms with van der Waals surface area (Å²) >= 11 is 0. The topological polar surface area (TPSA) is 52.7 Å². The fourth-order valence-corrected chi connectivity index (χ4v) is 3.70. The van der Waals surface area contributed by atoms with Gasteiger partial charge in [0.2, 0.25) is 5.91 Å². The first-order chi connectivity index (χ1) is 11.4. The van der Waals surface area contributed by atoms with E-state index in [2.05, 4.69) is 36.5 Å². The molecule has 24 heavy (non-hydrogen) atoms. The molecule has 2 fully saturated rings. The van der Waals surface area contributed by atoms with E-state index < -0.39 is 5.41 Å². The van der Waals surface area contributed by atoms with Crippen molar-refractivity contribution in [2.45, 2.75) is 45.1 Å². The maximum absolute atomic E-state index is 13.0. The van der Waals surface area contributed by atoms with Crippen molar-refractivity contribution < 1.29 is 9.59 Å². The van der Waals surface area contributed by atoms with Gasteiger partial charge in [0.05, 0.1) is 5.41 Å². The second-order valence-corrected chi connectivity index (χ2v) is 7.44. The quantitative estimate of drug-likeness (QED) is 0.925. The van der Waals surface area contributed by atoms with Crippen LogP contribution in [0.1, 0.15) is 37.8 Å². The van der Waals surface area contributed by atoms with Gasteiger partial charge in [0.15, 0.2) is 0 Å². The van der Waals surface area contributed by atoms with Gasteiger partial charge in [-0.25, -0.2) is 4.79 Å². The Kier molecular flexibility index (Phi) is 4.52. The summed E-state index contributed by atoms with van der Waals surface area (Å²) in [5.41, 5.74) is 1.73. The third kappa shape index (κ3) is 3.12. The normalized spacial score (nSPS) is 19.5. The zero-order chi connectivity index (χ0) is 17.3. The minimum atomic E-state index is -0.522. The number of nitrogens with zero attached hydrogens (tertiary/aromatic N) is 2. The lowest BCUT2D eigenvalue weighted by Crippen LogP contribution is -2.51. The molecule has 130 valence electrons. The molecule has 2 aliphatic heterocycles. The van der Waals surface area contributed by atoms with Crippen molar-refractivity contribution in [1.29, 1.82) is 0 Å². The summed E-state index contributed by atoms with van der Waals surface area (Å²) in [4.78, 5) is 28.7. The maximum Gasteiger partial charge on any atom is 0.317 e. The minimum absolute atomic E-state index is 0.0414. The molecule has 5 nitrogen and oxygen atoms in total. The lowest BCUT2D eigenvalue weighted by molar-refractivity contribution is -0.137. The van der Waals surface area contributed by atoms with Crippen LogP contribution in [0.25, 0.3) is 0 Å². The number of hydrogen-bond acceptors (Lipinski definition) is 2. The van der Waals surface area contributed by atoms with Crippen LogP contribution in [-0.2, 0) is 10.2 Å². The predicted molar refractivity (Wildman–Crippen MR) is 93.9 cm³/mol. The van der Waals surface area contributed by atoms with Gasteiger partial charge in [0.25, 0.3) is 0 Å². The van der Waals surface area contributed by atoms with Gasteiger partial charge >= 0.3 is 6.03 Å². The highest BCUT2D eigenvalue weighted by atomic mass is 16.2. The van der Waals surface area contributed by atoms with E-state index in [1.54, 1.807) is 0 Å². The summed E-state index contributed by atoms with van der Waals surface area (Å²) < 4.78 is 0. The van der Waals surface area contributed by atoms with Crippen LogP contribution in [0, 0.1) is 6.92 Å². The number of rotatable bonds is 3. The molecule has 5 heteroatoms. The van der Waals surface area contributed by atoms with Crippen molar-refractivity contribution in [3.05, 3.63) is 35.4 Å². The molecule has 3 rings (SSSR count). The summed E-state index contributed by atoms with van der Waals surface area (Å²) in [7, 11) is 0. The summed E-state index contributed by atoms with van der Waals surface area (Å²) in [6.07, 6.45) is 1.73. The molecule has 0 aromatic heterocycles. The molecule has 0 unspecified atom stereocenters. The van der Waals surface area contributed by atoms with Crippen molar-refractivity contribution in [1.82, 2.24) is 15.1 Å². The second-order valence-electron chi connectivity index (χ2n) is 7.44. The summed E-state index contributed by atoms with van der Waals surface area (Å²) in [6.45, 7) is 9.02. The highest BCUT2D eigenvalue weighted by Crippen LogP contribution is 2.28. The fourth-order valence-electron chi connectivity index (χ4n) is 3.70. The molecule has 2 heterocycles. The van der Waals surface area contributed by atoms with Crippen LogP contribution in [0.15, 0.2) is 24.3 Å². The molecule has 1 aromatic carbocycles. The molecular formula is C19H27N3O2. The number of piperidine rings is 1. The summed E-state index contributed by atoms with van der Waals surface area (Å²) in [6, 6.07) is 8.52. The molecule has 1 aromatic rings. The third-order valence-electron chi connectivity index (χ3n) is 5.39. The molecule has 3 amide bonds. The molecule has 0 atom stereocenters. The second kappa shape index (κ2) is 6.46. The van der Waals surface area contributed by atoms with Crippen LogP contribution in [0.3, 0.4) is 0 Å². The molecule has 1 N–H and O–H groups in total. The molecule has 0 radical (unpaired) electrons. The van der Waals surface area contributed by atoms with Crippen LogP contribution >= 0.6 is 0 Å². The summed E-state index contributed by atoms with van der Waals surface area (Å²) in [5.74, 6) is 0.177. The molecule has 0 saturated carbocycles. The van der Waals surface area contributed by atoms with Crippen molar-refractivity contribution in [3.63, 3.8) is 0 Å². The fraction of sp³-hybridized carbons (Fsp3) is 0.579. The van der Waals surface area contributed by atoms with Gasteiger partial charge in [-0.2, -0.15) is 0 Å². The first kappa shape index (κ1) is 16.8. The Labute approximate surface area is 144 Å². The summed E-state index contributed by atoms with van der Waals surface area (Å²) in [5, 5.41) is 2.86. The number of likely N-dealkylation sites (tertiary alicyclic amines) is 1. The van der Waals surface area contributed by atoms with E-state index in [1.165, 1.54) is 5.56 Å². The van der Waals surface area contributed by atoms with E-state index in [-0.39, 0.29) is 18.0 Å². The Morgan fingerprint density at radius 2 is 1.75 bits per heavy atom. The number of aryl methyl sites for hydroxylation is 1. The average molecular weight is 329 g/mol. The molecule has 0 aliphatic carbocycles. The van der Waals surface area contributed by atoms with Crippen LogP contribution in [0.2, 0.25) is 0 Å². The Bertz CT molecular complexity index is 616. The van der Waals surface area contributed by atoms with Gasteiger partial charge < -0.3 is 15.1 Å². The molecule has 0 bridgehead atoms. The molecule has 0 spiro atoms. The Morgan fingerprint density at radius 3 is 2.29 bits per heavy atom. The van der Waals surface area contributed by atoms with Gasteiger partial charge in [-0.05, 0) is 39.2 Å². The van der Waals surface area contributed by atoms with E-state index in [4.69, 9.17) is 0 Å². The van der Waals surface area contributed by atoms with Gasteiger partial charge in [0, 0.05) is 32.2 Å². The Balaban J connectivity index is 1.64. The monoisotopic (exact) mass is 329 g/mol. The number of carbonyl (C=O) groups is 2. The van der Waals surface area contributed by atoms with E-state index >= 15 is 0 Å². The van der Waals surface area contributed by atoms with Crippen LogP contribution < -0.4 is 5.32 Å². The third-order valence-corrected chi connectivity index (χ3v) is 5.39. The number of urea groups is 1. The lowest BCUT2D eigenvalue weighted by Gasteiger charge is -2.39. The minimum Gasteiger partial charge on any atom is -0.342 e. The van der Waals surface area contributed by atoms with Crippen molar-refractivity contribution in [2.24, 2.45) is 0 Å². The Morgan fingerprint density at radius 1 is 1.12 bits per heavy atom. The number of nitrogens with one attached hydrogen (secondary N) is 1. The van der Waals surface area contributed by atoms with E-state index in [9.17, 15) is 9.59 Å². The van der Waals surface area contributed by atoms with Gasteiger partial charge in [-0.3, -0.25) is 4.79 Å². The van der Waals surface area contributed by atoms with Crippen LogP contribution in [0.4, 0.5) is 4.79 Å². The maximum atomic E-state index is 13.0. The SMILES string of the molecule is Cc1ccc(C(C)(C)C(=O)N2CCC(N3CCNC3=O)CC2)cc1. The zero-order valence-corrected chi connectivity index (χ0v) is 14.8. The lowest BCUT2D eigenvalue weighted by atomic mass is 9.82. The van der Waals surface area contributed by atoms with Crippen molar-refractivity contribution in [3.8, 4) is 0 Å². The van der Waals surface area contributed by atoms with Crippen LogP contribution in [0.5, 0.6) is 0 Å². The van der Waals surface area contributed by atoms with Crippen molar-refractivity contribution >= 4 is 11.9 Å². The highest BCUT2D eigenvalue weighted by molar-refractivity contribution is 5.87. The molecular weight excluding hydrogens is 302 g/mol. The van der Waals surface area contributed by atoms with E-state index in [0.29, 0.717) is 0 Å². The first-order valence-corrected chi connectivity index (χ1v) is 8.80. The highest BCUT2D eigenvalue weighted by Gasteiger charge is 2.37. The van der Waals surface area contributed by atoms with E-state index in [0.717, 1.165) is 44.6 Å². The average Bonchev–Trinajstić information content (AvgIpc) is 3.01. The number of carbonyl (C=O) groups excluding carboxylic acids is 2. The standard InChI is InChI=1S/C19H27N3O2/c1-14-4-6-15(7-5-14)19(2,3)17(23)21-11-8-16(9-12-21)22-13-10-20-18(22)24/h4-7,16H,8-13H2,1-3H3,(H,20,24). The van der Waals surface area contributed by atoms with E-state index in [1.807, 2.05) is 23.6 Å². The van der Waals surface area contributed by atoms with Crippen molar-refractivity contribution in [2.75, 3.05) is 26.2 Å². The predicted octanol–water partition coefficient (Wildman–Crippen LogP) is 2.29. The van der Waals surface area contributed by atoms with Gasteiger partial charge in [0.1, 0.15) is 0 Å². The largest absolute Gasteiger partial charge is 0.342 e.